The third kappa shape index (κ3) is 6.65. The minimum Gasteiger partial charge on any atom is -0.382 e. The zero-order valence-electron chi connectivity index (χ0n) is 26.7. The molecule has 0 aromatic heterocycles. The largest absolute Gasteiger partial charge is 0.382 e. The van der Waals surface area contributed by atoms with Gasteiger partial charge in [-0.15, -0.1) is 0 Å². The standard InChI is InChI=1S/C35H62O4/c1-26(2)9-8-10-27(3)30-13-14-31-32-12-11-28-25-29(39-24-23-38-22-21-37-20-19-36-7)15-16-34(28,5)35(32,6)18-17-33(30,31)4/h11,26-27,29-32H,8-10,12-25H2,1-7H3. The SMILES string of the molecule is COCCOCCOCCOC1CCC2(C)C(=CCC3C4CCC(C(C)CCCC(C)C)C4(C)CCC32C)C1. The van der Waals surface area contributed by atoms with E-state index in [1.807, 2.05) is 0 Å². The Labute approximate surface area is 241 Å². The first kappa shape index (κ1) is 31.5. The van der Waals surface area contributed by atoms with Gasteiger partial charge in [-0.1, -0.05) is 72.5 Å². The van der Waals surface area contributed by atoms with Crippen molar-refractivity contribution >= 4 is 0 Å². The minimum atomic E-state index is 0.341. The Morgan fingerprint density at radius 1 is 0.821 bits per heavy atom. The molecule has 8 unspecified atom stereocenters. The summed E-state index contributed by atoms with van der Waals surface area (Å²) in [7, 11) is 1.69. The summed E-state index contributed by atoms with van der Waals surface area (Å²) in [6, 6.07) is 0. The monoisotopic (exact) mass is 546 g/mol. The molecule has 0 radical (unpaired) electrons. The fourth-order valence-corrected chi connectivity index (χ4v) is 9.87. The number of hydrogen-bond acceptors (Lipinski definition) is 4. The maximum absolute atomic E-state index is 6.34. The van der Waals surface area contributed by atoms with Gasteiger partial charge < -0.3 is 18.9 Å². The molecule has 3 saturated carbocycles. The molecule has 0 spiro atoms. The van der Waals surface area contributed by atoms with Gasteiger partial charge in [0.05, 0.1) is 45.7 Å². The van der Waals surface area contributed by atoms with E-state index in [1.165, 1.54) is 64.2 Å². The van der Waals surface area contributed by atoms with Gasteiger partial charge in [-0.25, -0.2) is 0 Å². The molecule has 39 heavy (non-hydrogen) atoms. The van der Waals surface area contributed by atoms with Crippen LogP contribution < -0.4 is 0 Å². The van der Waals surface area contributed by atoms with Crippen LogP contribution >= 0.6 is 0 Å². The molecule has 4 rings (SSSR count). The van der Waals surface area contributed by atoms with Crippen LogP contribution in [0, 0.1) is 45.8 Å². The Morgan fingerprint density at radius 2 is 1.54 bits per heavy atom. The summed E-state index contributed by atoms with van der Waals surface area (Å²) in [5, 5.41) is 0. The summed E-state index contributed by atoms with van der Waals surface area (Å²) < 4.78 is 22.5. The molecule has 4 aliphatic carbocycles. The van der Waals surface area contributed by atoms with E-state index in [2.05, 4.69) is 47.6 Å². The number of fused-ring (bicyclic) bond motifs is 5. The summed E-state index contributed by atoms with van der Waals surface area (Å²) >= 11 is 0. The van der Waals surface area contributed by atoms with E-state index in [9.17, 15) is 0 Å². The lowest BCUT2D eigenvalue weighted by Crippen LogP contribution is -2.57. The highest BCUT2D eigenvalue weighted by Crippen LogP contribution is 2.72. The second kappa shape index (κ2) is 13.7. The first-order valence-corrected chi connectivity index (χ1v) is 16.6. The smallest absolute Gasteiger partial charge is 0.0704 e. The zero-order chi connectivity index (χ0) is 28.1. The van der Waals surface area contributed by atoms with Gasteiger partial charge in [0.2, 0.25) is 0 Å². The van der Waals surface area contributed by atoms with Gasteiger partial charge >= 0.3 is 0 Å². The van der Waals surface area contributed by atoms with Crippen molar-refractivity contribution in [3.8, 4) is 0 Å². The highest BCUT2D eigenvalue weighted by Gasteiger charge is 2.64. The molecular formula is C35H62O4. The second-order valence-electron chi connectivity index (χ2n) is 14.9. The molecule has 0 saturated heterocycles. The molecular weight excluding hydrogens is 484 g/mol. The van der Waals surface area contributed by atoms with E-state index in [4.69, 9.17) is 18.9 Å². The summed E-state index contributed by atoms with van der Waals surface area (Å²) in [5.74, 6) is 4.42. The molecule has 0 heterocycles. The molecule has 0 aliphatic heterocycles. The first-order valence-electron chi connectivity index (χ1n) is 16.6. The highest BCUT2D eigenvalue weighted by molar-refractivity contribution is 5.29. The Kier molecular flexibility index (Phi) is 11.1. The van der Waals surface area contributed by atoms with Crippen molar-refractivity contribution < 1.29 is 18.9 Å². The molecule has 4 nitrogen and oxygen atoms in total. The Balaban J connectivity index is 1.30. The summed E-state index contributed by atoms with van der Waals surface area (Å²) in [5.41, 5.74) is 3.05. The van der Waals surface area contributed by atoms with Crippen LogP contribution in [-0.2, 0) is 18.9 Å². The minimum absolute atomic E-state index is 0.341. The van der Waals surface area contributed by atoms with E-state index in [-0.39, 0.29) is 0 Å². The number of allylic oxidation sites excluding steroid dienone is 1. The fraction of sp³-hybridized carbons (Fsp3) is 0.943. The predicted molar refractivity (Wildman–Crippen MR) is 161 cm³/mol. The Hall–Kier alpha value is -0.420. The van der Waals surface area contributed by atoms with Gasteiger partial charge in [-0.3, -0.25) is 0 Å². The van der Waals surface area contributed by atoms with E-state index >= 15 is 0 Å². The van der Waals surface area contributed by atoms with Gasteiger partial charge in [0, 0.05) is 7.11 Å². The molecule has 0 aromatic rings. The average molecular weight is 547 g/mol. The van der Waals surface area contributed by atoms with Crippen molar-refractivity contribution in [2.45, 2.75) is 118 Å². The van der Waals surface area contributed by atoms with Crippen molar-refractivity contribution in [3.05, 3.63) is 11.6 Å². The van der Waals surface area contributed by atoms with Crippen LogP contribution in [0.3, 0.4) is 0 Å². The van der Waals surface area contributed by atoms with Crippen LogP contribution in [0.15, 0.2) is 11.6 Å². The lowest BCUT2D eigenvalue weighted by atomic mass is 9.40. The van der Waals surface area contributed by atoms with Crippen LogP contribution in [0.2, 0.25) is 0 Å². The van der Waals surface area contributed by atoms with E-state index in [0.29, 0.717) is 62.0 Å². The third-order valence-electron chi connectivity index (χ3n) is 12.5. The van der Waals surface area contributed by atoms with Crippen molar-refractivity contribution in [3.63, 3.8) is 0 Å². The average Bonchev–Trinajstić information content (AvgIpc) is 3.25. The molecule has 0 bridgehead atoms. The topological polar surface area (TPSA) is 36.9 Å². The van der Waals surface area contributed by atoms with Gasteiger partial charge in [0.15, 0.2) is 0 Å². The van der Waals surface area contributed by atoms with Gasteiger partial charge in [-0.05, 0) is 97.2 Å². The quantitative estimate of drug-likeness (QED) is 0.152. The van der Waals surface area contributed by atoms with Crippen molar-refractivity contribution in [1.29, 1.82) is 0 Å². The molecule has 226 valence electrons. The molecule has 0 amide bonds. The predicted octanol–water partition coefficient (Wildman–Crippen LogP) is 8.48. The van der Waals surface area contributed by atoms with Crippen LogP contribution in [0.1, 0.15) is 112 Å². The number of hydrogen-bond donors (Lipinski definition) is 0. The lowest BCUT2D eigenvalue weighted by Gasteiger charge is -2.64. The molecule has 4 heteroatoms. The van der Waals surface area contributed by atoms with Crippen molar-refractivity contribution in [2.24, 2.45) is 45.8 Å². The molecule has 8 atom stereocenters. The van der Waals surface area contributed by atoms with Gasteiger partial charge in [0.25, 0.3) is 0 Å². The lowest BCUT2D eigenvalue weighted by molar-refractivity contribution is -0.123. The molecule has 4 aliphatic rings. The van der Waals surface area contributed by atoms with Crippen LogP contribution in [-0.4, -0.2) is 52.9 Å². The van der Waals surface area contributed by atoms with Crippen molar-refractivity contribution in [1.82, 2.24) is 0 Å². The fourth-order valence-electron chi connectivity index (χ4n) is 9.87. The Bertz CT molecular complexity index is 794. The van der Waals surface area contributed by atoms with E-state index in [0.717, 1.165) is 36.0 Å². The van der Waals surface area contributed by atoms with Gasteiger partial charge in [-0.2, -0.15) is 0 Å². The van der Waals surface area contributed by atoms with Crippen LogP contribution in [0.4, 0.5) is 0 Å². The Morgan fingerprint density at radius 3 is 2.26 bits per heavy atom. The number of ether oxygens (including phenoxy) is 4. The molecule has 0 N–H and O–H groups in total. The first-order chi connectivity index (χ1) is 18.7. The zero-order valence-corrected chi connectivity index (χ0v) is 26.7. The maximum Gasteiger partial charge on any atom is 0.0704 e. The number of methoxy groups -OCH3 is 1. The van der Waals surface area contributed by atoms with Gasteiger partial charge in [0.1, 0.15) is 0 Å². The summed E-state index contributed by atoms with van der Waals surface area (Å²) in [4.78, 5) is 0. The van der Waals surface area contributed by atoms with Crippen LogP contribution in [0.25, 0.3) is 0 Å². The summed E-state index contributed by atoms with van der Waals surface area (Å²) in [6.07, 6.45) is 18.0. The van der Waals surface area contributed by atoms with Crippen LogP contribution in [0.5, 0.6) is 0 Å². The number of rotatable bonds is 15. The van der Waals surface area contributed by atoms with Crippen molar-refractivity contribution in [2.75, 3.05) is 46.8 Å². The second-order valence-corrected chi connectivity index (χ2v) is 14.9. The summed E-state index contributed by atoms with van der Waals surface area (Å²) in [6.45, 7) is 19.2. The highest BCUT2D eigenvalue weighted by atomic mass is 16.6. The maximum atomic E-state index is 6.34. The molecule has 3 fully saturated rings. The molecule has 0 aromatic carbocycles. The normalized spacial score (nSPS) is 38.7. The third-order valence-corrected chi connectivity index (χ3v) is 12.5. The van der Waals surface area contributed by atoms with E-state index in [1.54, 1.807) is 12.7 Å². The van der Waals surface area contributed by atoms with E-state index < -0.39 is 0 Å².